The molecule has 0 aliphatic carbocycles. The molecule has 0 N–H and O–H groups in total. The van der Waals surface area contributed by atoms with Crippen LogP contribution in [0.15, 0.2) is 22.9 Å². The zero-order valence-corrected chi connectivity index (χ0v) is 9.84. The van der Waals surface area contributed by atoms with Crippen molar-refractivity contribution >= 4 is 33.2 Å². The van der Waals surface area contributed by atoms with E-state index >= 15 is 0 Å². The van der Waals surface area contributed by atoms with E-state index in [-0.39, 0.29) is 0 Å². The standard InChI is InChI=1S/C10H6ClN3OS/c1-5-4-6-7(11)13-8(14-10(6)16-5)9-12-2-3-15-9/h2-4H,1H3. The number of rotatable bonds is 1. The fourth-order valence-corrected chi connectivity index (χ4v) is 2.60. The highest BCUT2D eigenvalue weighted by atomic mass is 35.5. The lowest BCUT2D eigenvalue weighted by atomic mass is 10.4. The van der Waals surface area contributed by atoms with E-state index in [0.717, 1.165) is 15.1 Å². The van der Waals surface area contributed by atoms with Crippen LogP contribution in [0.5, 0.6) is 0 Å². The van der Waals surface area contributed by atoms with Gasteiger partial charge in [-0.25, -0.2) is 15.0 Å². The van der Waals surface area contributed by atoms with E-state index in [9.17, 15) is 0 Å². The maximum atomic E-state index is 6.08. The van der Waals surface area contributed by atoms with Gasteiger partial charge in [0.15, 0.2) is 0 Å². The third-order valence-electron chi connectivity index (χ3n) is 2.09. The van der Waals surface area contributed by atoms with E-state index in [1.807, 2.05) is 13.0 Å². The normalized spacial score (nSPS) is 11.1. The average molecular weight is 252 g/mol. The molecule has 16 heavy (non-hydrogen) atoms. The molecule has 0 unspecified atom stereocenters. The Morgan fingerprint density at radius 3 is 3.00 bits per heavy atom. The van der Waals surface area contributed by atoms with E-state index in [1.54, 1.807) is 17.5 Å². The molecule has 0 aliphatic rings. The fraction of sp³-hybridized carbons (Fsp3) is 0.100. The number of thiophene rings is 1. The van der Waals surface area contributed by atoms with Gasteiger partial charge in [-0.1, -0.05) is 11.6 Å². The first-order valence-electron chi connectivity index (χ1n) is 4.57. The Morgan fingerprint density at radius 1 is 1.38 bits per heavy atom. The van der Waals surface area contributed by atoms with Crippen molar-refractivity contribution in [1.29, 1.82) is 0 Å². The van der Waals surface area contributed by atoms with E-state index in [4.69, 9.17) is 16.0 Å². The first-order chi connectivity index (χ1) is 7.74. The predicted molar refractivity (Wildman–Crippen MR) is 62.7 cm³/mol. The fourth-order valence-electron chi connectivity index (χ4n) is 1.44. The number of halogens is 1. The number of hydrogen-bond acceptors (Lipinski definition) is 5. The lowest BCUT2D eigenvalue weighted by Crippen LogP contribution is -1.89. The largest absolute Gasteiger partial charge is 0.442 e. The van der Waals surface area contributed by atoms with Crippen molar-refractivity contribution in [2.24, 2.45) is 0 Å². The van der Waals surface area contributed by atoms with Gasteiger partial charge in [0.2, 0.25) is 5.82 Å². The minimum atomic E-state index is 0.384. The highest BCUT2D eigenvalue weighted by molar-refractivity contribution is 7.18. The van der Waals surface area contributed by atoms with Gasteiger partial charge in [-0.3, -0.25) is 0 Å². The van der Waals surface area contributed by atoms with Crippen molar-refractivity contribution < 1.29 is 4.42 Å². The van der Waals surface area contributed by atoms with Gasteiger partial charge in [0.25, 0.3) is 5.89 Å². The summed E-state index contributed by atoms with van der Waals surface area (Å²) in [6.45, 7) is 2.01. The summed E-state index contributed by atoms with van der Waals surface area (Å²) >= 11 is 7.65. The van der Waals surface area contributed by atoms with Gasteiger partial charge in [-0.2, -0.15) is 0 Å². The molecule has 0 spiro atoms. The van der Waals surface area contributed by atoms with Crippen LogP contribution in [0.2, 0.25) is 5.15 Å². The second kappa shape index (κ2) is 3.54. The number of oxazole rings is 1. The van der Waals surface area contributed by atoms with Crippen LogP contribution >= 0.6 is 22.9 Å². The Morgan fingerprint density at radius 2 is 2.25 bits per heavy atom. The van der Waals surface area contributed by atoms with Crippen LogP contribution in [0.1, 0.15) is 4.88 Å². The number of hydrogen-bond donors (Lipinski definition) is 0. The Hall–Kier alpha value is -1.46. The highest BCUT2D eigenvalue weighted by Crippen LogP contribution is 2.30. The van der Waals surface area contributed by atoms with Gasteiger partial charge in [-0.15, -0.1) is 11.3 Å². The molecule has 0 atom stereocenters. The summed E-state index contributed by atoms with van der Waals surface area (Å²) in [5, 5.41) is 1.31. The Labute approximate surface area is 99.9 Å². The van der Waals surface area contributed by atoms with E-state index in [0.29, 0.717) is 16.9 Å². The third kappa shape index (κ3) is 1.48. The maximum Gasteiger partial charge on any atom is 0.264 e. The van der Waals surface area contributed by atoms with Gasteiger partial charge < -0.3 is 4.42 Å². The van der Waals surface area contributed by atoms with Crippen LogP contribution in [0.3, 0.4) is 0 Å². The van der Waals surface area contributed by atoms with Crippen LogP contribution in [-0.2, 0) is 0 Å². The van der Waals surface area contributed by atoms with Crippen LogP contribution in [-0.4, -0.2) is 15.0 Å². The number of aromatic nitrogens is 3. The van der Waals surface area contributed by atoms with Gasteiger partial charge in [-0.05, 0) is 13.0 Å². The first-order valence-corrected chi connectivity index (χ1v) is 5.77. The quantitative estimate of drug-likeness (QED) is 0.623. The summed E-state index contributed by atoms with van der Waals surface area (Å²) in [5.74, 6) is 0.805. The monoisotopic (exact) mass is 251 g/mol. The number of fused-ring (bicyclic) bond motifs is 1. The van der Waals surface area contributed by atoms with Crippen molar-refractivity contribution in [1.82, 2.24) is 15.0 Å². The molecule has 80 valence electrons. The average Bonchev–Trinajstić information content (AvgIpc) is 2.84. The summed E-state index contributed by atoms with van der Waals surface area (Å²) in [5.41, 5.74) is 0. The molecule has 0 aliphatic heterocycles. The zero-order chi connectivity index (χ0) is 11.1. The first kappa shape index (κ1) is 9.74. The van der Waals surface area contributed by atoms with Crippen LogP contribution < -0.4 is 0 Å². The molecule has 3 aromatic heterocycles. The van der Waals surface area contributed by atoms with Crippen molar-refractivity contribution in [3.8, 4) is 11.7 Å². The van der Waals surface area contributed by atoms with Crippen molar-refractivity contribution in [2.75, 3.05) is 0 Å². The second-order valence-corrected chi connectivity index (χ2v) is 4.84. The number of aryl methyl sites for hydroxylation is 1. The Bertz CT molecular complexity index is 647. The molecule has 0 fully saturated rings. The van der Waals surface area contributed by atoms with Crippen molar-refractivity contribution in [2.45, 2.75) is 6.92 Å². The smallest absolute Gasteiger partial charge is 0.264 e. The molecule has 3 rings (SSSR count). The van der Waals surface area contributed by atoms with E-state index < -0.39 is 0 Å². The molecule has 0 saturated carbocycles. The highest BCUT2D eigenvalue weighted by Gasteiger charge is 2.12. The molecule has 4 nitrogen and oxygen atoms in total. The third-order valence-corrected chi connectivity index (χ3v) is 3.33. The summed E-state index contributed by atoms with van der Waals surface area (Å²) < 4.78 is 5.14. The van der Waals surface area contributed by atoms with Gasteiger partial charge in [0.1, 0.15) is 16.2 Å². The molecule has 0 radical (unpaired) electrons. The van der Waals surface area contributed by atoms with Crippen LogP contribution in [0.4, 0.5) is 0 Å². The van der Waals surface area contributed by atoms with Gasteiger partial charge in [0.05, 0.1) is 6.20 Å². The summed E-state index contributed by atoms with van der Waals surface area (Å²) in [7, 11) is 0. The minimum Gasteiger partial charge on any atom is -0.442 e. The summed E-state index contributed by atoms with van der Waals surface area (Å²) in [6.07, 6.45) is 3.03. The molecule has 6 heteroatoms. The molecule has 0 aromatic carbocycles. The Balaban J connectivity index is 2.28. The molecule has 3 heterocycles. The van der Waals surface area contributed by atoms with E-state index in [2.05, 4.69) is 15.0 Å². The van der Waals surface area contributed by atoms with Crippen molar-refractivity contribution in [3.63, 3.8) is 0 Å². The SMILES string of the molecule is Cc1cc2c(Cl)nc(-c3ncco3)nc2s1. The van der Waals surface area contributed by atoms with Crippen LogP contribution in [0, 0.1) is 6.92 Å². The molecular weight excluding hydrogens is 246 g/mol. The summed E-state index contributed by atoms with van der Waals surface area (Å²) in [4.78, 5) is 14.5. The Kier molecular flexibility index (Phi) is 2.15. The molecular formula is C10H6ClN3OS. The van der Waals surface area contributed by atoms with Gasteiger partial charge >= 0.3 is 0 Å². The molecule has 0 bridgehead atoms. The summed E-state index contributed by atoms with van der Waals surface area (Å²) in [6, 6.07) is 1.97. The van der Waals surface area contributed by atoms with Crippen LogP contribution in [0.25, 0.3) is 21.9 Å². The molecule has 3 aromatic rings. The minimum absolute atomic E-state index is 0.384. The predicted octanol–water partition coefficient (Wildman–Crippen LogP) is 3.31. The topological polar surface area (TPSA) is 51.8 Å². The molecule has 0 amide bonds. The molecule has 0 saturated heterocycles. The second-order valence-electron chi connectivity index (χ2n) is 3.25. The lowest BCUT2D eigenvalue weighted by molar-refractivity contribution is 0.569. The van der Waals surface area contributed by atoms with E-state index in [1.165, 1.54) is 6.26 Å². The van der Waals surface area contributed by atoms with Crippen molar-refractivity contribution in [3.05, 3.63) is 28.6 Å². The lowest BCUT2D eigenvalue weighted by Gasteiger charge is -1.96. The number of nitrogens with zero attached hydrogens (tertiary/aromatic N) is 3. The zero-order valence-electron chi connectivity index (χ0n) is 8.27. The maximum absolute atomic E-state index is 6.08. The van der Waals surface area contributed by atoms with Gasteiger partial charge in [0, 0.05) is 10.3 Å².